The number of nitrogens with two attached hydrogens (primary N) is 1. The normalized spacial score (nSPS) is 10.3. The number of carbonyl (C=O) groups excluding carboxylic acids is 1. The molecule has 5 nitrogen and oxygen atoms in total. The first-order valence-electron chi connectivity index (χ1n) is 7.83. The van der Waals surface area contributed by atoms with Gasteiger partial charge in [-0.1, -0.05) is 42.5 Å². The van der Waals surface area contributed by atoms with Crippen molar-refractivity contribution < 1.29 is 19.4 Å². The highest BCUT2D eigenvalue weighted by molar-refractivity contribution is 5.77. The molecule has 126 valence electrons. The van der Waals surface area contributed by atoms with Crippen molar-refractivity contribution in [3.8, 4) is 5.75 Å². The van der Waals surface area contributed by atoms with Gasteiger partial charge in [-0.2, -0.15) is 0 Å². The Bertz CT molecular complexity index is 698. The molecule has 24 heavy (non-hydrogen) atoms. The van der Waals surface area contributed by atoms with Crippen molar-refractivity contribution in [2.24, 2.45) is 5.73 Å². The minimum absolute atomic E-state index is 0.0941. The predicted molar refractivity (Wildman–Crippen MR) is 90.7 cm³/mol. The van der Waals surface area contributed by atoms with Gasteiger partial charge in [-0.25, -0.2) is 0 Å². The zero-order chi connectivity index (χ0) is 17.4. The zero-order valence-corrected chi connectivity index (χ0v) is 13.4. The van der Waals surface area contributed by atoms with E-state index in [0.717, 1.165) is 16.7 Å². The van der Waals surface area contributed by atoms with E-state index in [0.29, 0.717) is 25.2 Å². The molecule has 0 radical (unpaired) electrons. The molecule has 0 aliphatic carbocycles. The van der Waals surface area contributed by atoms with Gasteiger partial charge < -0.3 is 15.6 Å². The minimum Gasteiger partial charge on any atom is -0.489 e. The molecule has 0 fully saturated rings. The highest BCUT2D eigenvalue weighted by atomic mass is 16.5. The van der Waals surface area contributed by atoms with Crippen LogP contribution in [0.2, 0.25) is 0 Å². The van der Waals surface area contributed by atoms with Crippen LogP contribution in [0.4, 0.5) is 0 Å². The van der Waals surface area contributed by atoms with Crippen LogP contribution in [0, 0.1) is 0 Å². The van der Waals surface area contributed by atoms with Gasteiger partial charge in [0, 0.05) is 12.0 Å². The van der Waals surface area contributed by atoms with E-state index in [9.17, 15) is 9.59 Å². The smallest absolute Gasteiger partial charge is 0.303 e. The Morgan fingerprint density at radius 3 is 2.46 bits per heavy atom. The molecule has 2 rings (SSSR count). The Morgan fingerprint density at radius 1 is 1.04 bits per heavy atom. The van der Waals surface area contributed by atoms with E-state index in [-0.39, 0.29) is 12.8 Å². The standard InChI is InChI=1S/C19H21NO4/c20-18(21)12-16-11-14(7-4-8-19(22)23)9-10-17(16)24-13-15-5-2-1-3-6-15/h1-3,5-6,9-11H,4,7-8,12-13H2,(H2,20,21)(H,22,23). The summed E-state index contributed by atoms with van der Waals surface area (Å²) in [5.41, 5.74) is 8.05. The van der Waals surface area contributed by atoms with Gasteiger partial charge in [-0.15, -0.1) is 0 Å². The third-order valence-corrected chi connectivity index (χ3v) is 3.58. The van der Waals surface area contributed by atoms with E-state index in [2.05, 4.69) is 0 Å². The van der Waals surface area contributed by atoms with Crippen molar-refractivity contribution in [2.45, 2.75) is 32.3 Å². The zero-order valence-electron chi connectivity index (χ0n) is 13.4. The molecule has 0 aliphatic heterocycles. The Balaban J connectivity index is 2.08. The molecular formula is C19H21NO4. The SMILES string of the molecule is NC(=O)Cc1cc(CCCC(=O)O)ccc1OCc1ccccc1. The number of carboxylic acids is 1. The molecule has 0 spiro atoms. The fourth-order valence-corrected chi connectivity index (χ4v) is 2.43. The molecular weight excluding hydrogens is 306 g/mol. The van der Waals surface area contributed by atoms with Gasteiger partial charge >= 0.3 is 5.97 Å². The summed E-state index contributed by atoms with van der Waals surface area (Å²) < 4.78 is 5.82. The molecule has 0 bridgehead atoms. The second-order valence-corrected chi connectivity index (χ2v) is 5.61. The summed E-state index contributed by atoms with van der Waals surface area (Å²) in [5, 5.41) is 8.71. The van der Waals surface area contributed by atoms with E-state index in [1.807, 2.05) is 48.5 Å². The van der Waals surface area contributed by atoms with Crippen LogP contribution in [0.5, 0.6) is 5.75 Å². The lowest BCUT2D eigenvalue weighted by molar-refractivity contribution is -0.137. The second kappa shape index (κ2) is 8.72. The molecule has 1 amide bonds. The summed E-state index contributed by atoms with van der Waals surface area (Å²) in [4.78, 5) is 21.9. The first-order valence-corrected chi connectivity index (χ1v) is 7.83. The van der Waals surface area contributed by atoms with Crippen LogP contribution in [0.3, 0.4) is 0 Å². The first kappa shape index (κ1) is 17.5. The summed E-state index contributed by atoms with van der Waals surface area (Å²) in [5.74, 6) is -0.614. The van der Waals surface area contributed by atoms with E-state index in [1.54, 1.807) is 0 Å². The molecule has 0 atom stereocenters. The van der Waals surface area contributed by atoms with E-state index < -0.39 is 11.9 Å². The van der Waals surface area contributed by atoms with Crippen molar-refractivity contribution in [3.05, 3.63) is 65.2 Å². The lowest BCUT2D eigenvalue weighted by Crippen LogP contribution is -2.14. The van der Waals surface area contributed by atoms with Crippen molar-refractivity contribution in [1.82, 2.24) is 0 Å². The van der Waals surface area contributed by atoms with E-state index in [1.165, 1.54) is 0 Å². The van der Waals surface area contributed by atoms with Crippen molar-refractivity contribution >= 4 is 11.9 Å². The summed E-state index contributed by atoms with van der Waals surface area (Å²) in [6.07, 6.45) is 1.40. The number of carboxylic acid groups (broad SMARTS) is 1. The molecule has 2 aromatic rings. The topological polar surface area (TPSA) is 89.6 Å². The fourth-order valence-electron chi connectivity index (χ4n) is 2.43. The third kappa shape index (κ3) is 5.76. The van der Waals surface area contributed by atoms with Gasteiger partial charge in [0.15, 0.2) is 0 Å². The number of aliphatic carboxylic acids is 1. The van der Waals surface area contributed by atoms with Crippen LogP contribution >= 0.6 is 0 Å². The number of benzene rings is 2. The van der Waals surface area contributed by atoms with Crippen LogP contribution in [-0.4, -0.2) is 17.0 Å². The number of primary amides is 1. The Hall–Kier alpha value is -2.82. The Labute approximate surface area is 141 Å². The van der Waals surface area contributed by atoms with Crippen LogP contribution in [0.1, 0.15) is 29.5 Å². The number of hydrogen-bond donors (Lipinski definition) is 2. The van der Waals surface area contributed by atoms with Crippen molar-refractivity contribution in [1.29, 1.82) is 0 Å². The molecule has 0 aromatic heterocycles. The van der Waals surface area contributed by atoms with Gasteiger partial charge in [0.2, 0.25) is 5.91 Å². The van der Waals surface area contributed by atoms with Crippen LogP contribution in [0.15, 0.2) is 48.5 Å². The van der Waals surface area contributed by atoms with Crippen LogP contribution in [0.25, 0.3) is 0 Å². The minimum atomic E-state index is -0.810. The first-order chi connectivity index (χ1) is 11.5. The molecule has 0 saturated carbocycles. The summed E-state index contributed by atoms with van der Waals surface area (Å²) in [6, 6.07) is 15.3. The Kier molecular flexibility index (Phi) is 6.37. The lowest BCUT2D eigenvalue weighted by Gasteiger charge is -2.12. The van der Waals surface area contributed by atoms with Gasteiger partial charge in [0.1, 0.15) is 12.4 Å². The van der Waals surface area contributed by atoms with Crippen molar-refractivity contribution in [2.75, 3.05) is 0 Å². The molecule has 0 saturated heterocycles. The number of rotatable bonds is 9. The highest BCUT2D eigenvalue weighted by Crippen LogP contribution is 2.23. The van der Waals surface area contributed by atoms with Gasteiger partial charge in [-0.3, -0.25) is 9.59 Å². The van der Waals surface area contributed by atoms with Gasteiger partial charge in [0.05, 0.1) is 6.42 Å². The maximum atomic E-state index is 11.3. The monoisotopic (exact) mass is 327 g/mol. The van der Waals surface area contributed by atoms with Crippen LogP contribution in [-0.2, 0) is 29.0 Å². The largest absolute Gasteiger partial charge is 0.489 e. The number of amides is 1. The van der Waals surface area contributed by atoms with Crippen molar-refractivity contribution in [3.63, 3.8) is 0 Å². The lowest BCUT2D eigenvalue weighted by atomic mass is 10.0. The number of hydrogen-bond acceptors (Lipinski definition) is 3. The summed E-state index contributed by atoms with van der Waals surface area (Å²) in [7, 11) is 0. The summed E-state index contributed by atoms with van der Waals surface area (Å²) >= 11 is 0. The second-order valence-electron chi connectivity index (χ2n) is 5.61. The number of aryl methyl sites for hydroxylation is 1. The maximum Gasteiger partial charge on any atom is 0.303 e. The number of ether oxygens (including phenoxy) is 1. The summed E-state index contributed by atoms with van der Waals surface area (Å²) in [6.45, 7) is 0.408. The van der Waals surface area contributed by atoms with Gasteiger partial charge in [-0.05, 0) is 30.0 Å². The number of carbonyl (C=O) groups is 2. The highest BCUT2D eigenvalue weighted by Gasteiger charge is 2.09. The predicted octanol–water partition coefficient (Wildman–Crippen LogP) is 2.70. The molecule has 5 heteroatoms. The fraction of sp³-hybridized carbons (Fsp3) is 0.263. The molecule has 3 N–H and O–H groups in total. The molecule has 0 aliphatic rings. The Morgan fingerprint density at radius 2 is 1.79 bits per heavy atom. The quantitative estimate of drug-likeness (QED) is 0.741. The van der Waals surface area contributed by atoms with Crippen LogP contribution < -0.4 is 10.5 Å². The molecule has 0 heterocycles. The van der Waals surface area contributed by atoms with Gasteiger partial charge in [0.25, 0.3) is 0 Å². The third-order valence-electron chi connectivity index (χ3n) is 3.58. The average molecular weight is 327 g/mol. The van der Waals surface area contributed by atoms with E-state index in [4.69, 9.17) is 15.6 Å². The maximum absolute atomic E-state index is 11.3. The molecule has 2 aromatic carbocycles. The van der Waals surface area contributed by atoms with E-state index >= 15 is 0 Å². The average Bonchev–Trinajstić information content (AvgIpc) is 2.54. The molecule has 0 unspecified atom stereocenters.